The number of imide groups is 1. The Bertz CT molecular complexity index is 1150. The fourth-order valence-corrected chi connectivity index (χ4v) is 3.62. The minimum absolute atomic E-state index is 0.120. The van der Waals surface area contributed by atoms with Crippen molar-refractivity contribution in [1.82, 2.24) is 0 Å². The van der Waals surface area contributed by atoms with Crippen LogP contribution in [0.3, 0.4) is 0 Å². The molecule has 6 heteroatoms. The highest BCUT2D eigenvalue weighted by atomic mass is 19.3. The van der Waals surface area contributed by atoms with Gasteiger partial charge in [-0.25, -0.2) is 4.90 Å². The standard InChI is InChI=1S/C29H32FNO4/c1-28(2,3)21-16-22(29(4,5)6)18-23(17-21)31(26(32)19-10-8-12-24(14-19)34-7)27(33)20-11-9-13-25(15-20)35-30/h8-18H,1-7H3. The predicted molar refractivity (Wildman–Crippen MR) is 136 cm³/mol. The number of benzene rings is 3. The van der Waals surface area contributed by atoms with Crippen LogP contribution in [0.5, 0.6) is 11.5 Å². The van der Waals surface area contributed by atoms with E-state index in [1.54, 1.807) is 24.3 Å². The zero-order valence-electron chi connectivity index (χ0n) is 21.3. The molecule has 184 valence electrons. The summed E-state index contributed by atoms with van der Waals surface area (Å²) in [6.07, 6.45) is 0. The lowest BCUT2D eigenvalue weighted by molar-refractivity contribution is -0.00626. The fraction of sp³-hybridized carbons (Fsp3) is 0.310. The normalized spacial score (nSPS) is 11.7. The van der Waals surface area contributed by atoms with Gasteiger partial charge >= 0.3 is 0 Å². The third-order valence-corrected chi connectivity index (χ3v) is 5.80. The molecule has 0 saturated carbocycles. The van der Waals surface area contributed by atoms with Gasteiger partial charge in [-0.1, -0.05) is 59.7 Å². The van der Waals surface area contributed by atoms with Gasteiger partial charge in [-0.2, -0.15) is 0 Å². The summed E-state index contributed by atoms with van der Waals surface area (Å²) in [5.74, 6) is -0.743. The minimum Gasteiger partial charge on any atom is -0.497 e. The Labute approximate surface area is 206 Å². The van der Waals surface area contributed by atoms with E-state index in [0.29, 0.717) is 11.4 Å². The van der Waals surface area contributed by atoms with Gasteiger partial charge in [0.05, 0.1) is 12.8 Å². The summed E-state index contributed by atoms with van der Waals surface area (Å²) in [7, 11) is 1.51. The third-order valence-electron chi connectivity index (χ3n) is 5.80. The average Bonchev–Trinajstić information content (AvgIpc) is 2.82. The zero-order chi connectivity index (χ0) is 26.0. The van der Waals surface area contributed by atoms with Gasteiger partial charge in [-0.3, -0.25) is 14.5 Å². The molecule has 0 heterocycles. The second kappa shape index (κ2) is 9.90. The van der Waals surface area contributed by atoms with Crippen LogP contribution in [0.25, 0.3) is 0 Å². The van der Waals surface area contributed by atoms with Gasteiger partial charge in [0.2, 0.25) is 0 Å². The first kappa shape index (κ1) is 25.9. The molecule has 0 aliphatic rings. The monoisotopic (exact) mass is 477 g/mol. The Kier molecular flexibility index (Phi) is 7.34. The van der Waals surface area contributed by atoms with E-state index in [1.165, 1.54) is 31.4 Å². The average molecular weight is 478 g/mol. The maximum atomic E-state index is 13.8. The fourth-order valence-electron chi connectivity index (χ4n) is 3.62. The molecule has 3 rings (SSSR count). The lowest BCUT2D eigenvalue weighted by Crippen LogP contribution is -2.37. The summed E-state index contributed by atoms with van der Waals surface area (Å²) in [5.41, 5.74) is 2.35. The van der Waals surface area contributed by atoms with Crippen molar-refractivity contribution < 1.29 is 23.8 Å². The quantitative estimate of drug-likeness (QED) is 0.370. The van der Waals surface area contributed by atoms with Gasteiger partial charge < -0.3 is 4.74 Å². The van der Waals surface area contributed by atoms with Crippen molar-refractivity contribution in [3.8, 4) is 11.5 Å². The SMILES string of the molecule is COc1cccc(C(=O)N(C(=O)c2cccc(OF)c2)c2cc(C(C)(C)C)cc(C(C)(C)C)c2)c1. The summed E-state index contributed by atoms with van der Waals surface area (Å²) < 4.78 is 18.1. The Morgan fingerprint density at radius 2 is 1.17 bits per heavy atom. The molecule has 3 aromatic rings. The zero-order valence-corrected chi connectivity index (χ0v) is 21.3. The number of hydrogen-bond acceptors (Lipinski definition) is 4. The molecule has 0 fully saturated rings. The maximum Gasteiger partial charge on any atom is 0.265 e. The van der Waals surface area contributed by atoms with Crippen molar-refractivity contribution in [3.05, 3.63) is 89.0 Å². The Morgan fingerprint density at radius 3 is 1.60 bits per heavy atom. The van der Waals surface area contributed by atoms with Crippen LogP contribution in [0.1, 0.15) is 73.4 Å². The molecule has 5 nitrogen and oxygen atoms in total. The molecule has 0 aliphatic heterocycles. The van der Waals surface area contributed by atoms with E-state index in [2.05, 4.69) is 52.6 Å². The highest BCUT2D eigenvalue weighted by Gasteiger charge is 2.30. The van der Waals surface area contributed by atoms with Crippen LogP contribution in [-0.2, 0) is 10.8 Å². The van der Waals surface area contributed by atoms with Crippen molar-refractivity contribution in [2.45, 2.75) is 52.4 Å². The number of hydrogen-bond donors (Lipinski definition) is 0. The van der Waals surface area contributed by atoms with Gasteiger partial charge in [-0.15, -0.1) is 0 Å². The number of rotatable bonds is 5. The number of anilines is 1. The molecule has 0 bridgehead atoms. The highest BCUT2D eigenvalue weighted by molar-refractivity contribution is 6.26. The van der Waals surface area contributed by atoms with Crippen LogP contribution >= 0.6 is 0 Å². The molecule has 0 N–H and O–H groups in total. The van der Waals surface area contributed by atoms with Crippen molar-refractivity contribution >= 4 is 17.5 Å². The number of ether oxygens (including phenoxy) is 1. The van der Waals surface area contributed by atoms with Gasteiger partial charge in [0, 0.05) is 15.7 Å². The van der Waals surface area contributed by atoms with E-state index in [0.717, 1.165) is 16.0 Å². The summed E-state index contributed by atoms with van der Waals surface area (Å²) in [6, 6.07) is 18.2. The van der Waals surface area contributed by atoms with Gasteiger partial charge in [-0.05, 0) is 70.5 Å². The Morgan fingerprint density at radius 1 is 0.714 bits per heavy atom. The molecular formula is C29H32FNO4. The first-order chi connectivity index (χ1) is 16.3. The summed E-state index contributed by atoms with van der Waals surface area (Å²) in [5, 5.41) is 0. The van der Waals surface area contributed by atoms with Crippen LogP contribution in [0.2, 0.25) is 0 Å². The maximum absolute atomic E-state index is 13.8. The highest BCUT2D eigenvalue weighted by Crippen LogP contribution is 2.35. The second-order valence-corrected chi connectivity index (χ2v) is 10.6. The molecule has 0 spiro atoms. The summed E-state index contributed by atoms with van der Waals surface area (Å²) >= 11 is 0. The first-order valence-corrected chi connectivity index (χ1v) is 11.4. The van der Waals surface area contributed by atoms with Crippen molar-refractivity contribution in [1.29, 1.82) is 0 Å². The first-order valence-electron chi connectivity index (χ1n) is 11.4. The molecule has 0 saturated heterocycles. The lowest BCUT2D eigenvalue weighted by Gasteiger charge is -2.29. The molecule has 35 heavy (non-hydrogen) atoms. The van der Waals surface area contributed by atoms with Gasteiger partial charge in [0.15, 0.2) is 5.75 Å². The molecule has 0 unspecified atom stereocenters. The van der Waals surface area contributed by atoms with Crippen LogP contribution < -0.4 is 14.6 Å². The number of halogens is 1. The van der Waals surface area contributed by atoms with E-state index in [4.69, 9.17) is 4.74 Å². The number of nitrogens with zero attached hydrogens (tertiary/aromatic N) is 1. The van der Waals surface area contributed by atoms with Crippen molar-refractivity contribution in [2.24, 2.45) is 0 Å². The Balaban J connectivity index is 2.27. The largest absolute Gasteiger partial charge is 0.497 e. The molecule has 2 amide bonds. The molecule has 0 atom stereocenters. The molecule has 0 aromatic heterocycles. The number of carbonyl (C=O) groups excluding carboxylic acids is 2. The molecule has 0 aliphatic carbocycles. The topological polar surface area (TPSA) is 55.8 Å². The molecular weight excluding hydrogens is 445 g/mol. The molecule has 3 aromatic carbocycles. The van der Waals surface area contributed by atoms with Crippen LogP contribution in [0, 0.1) is 0 Å². The van der Waals surface area contributed by atoms with Crippen LogP contribution in [0.15, 0.2) is 66.7 Å². The van der Waals surface area contributed by atoms with Crippen LogP contribution in [0.4, 0.5) is 10.2 Å². The van der Waals surface area contributed by atoms with Gasteiger partial charge in [0.1, 0.15) is 5.75 Å². The van der Waals surface area contributed by atoms with E-state index in [9.17, 15) is 14.1 Å². The number of methoxy groups -OCH3 is 1. The minimum atomic E-state index is -0.595. The van der Waals surface area contributed by atoms with Crippen molar-refractivity contribution in [2.75, 3.05) is 12.0 Å². The lowest BCUT2D eigenvalue weighted by atomic mass is 9.80. The van der Waals surface area contributed by atoms with E-state index in [-0.39, 0.29) is 27.7 Å². The predicted octanol–water partition coefficient (Wildman–Crippen LogP) is 7.04. The second-order valence-electron chi connectivity index (χ2n) is 10.6. The smallest absolute Gasteiger partial charge is 0.265 e. The number of carbonyl (C=O) groups is 2. The summed E-state index contributed by atoms with van der Waals surface area (Å²) in [6.45, 7) is 12.5. The summed E-state index contributed by atoms with van der Waals surface area (Å²) in [4.78, 5) is 32.6. The van der Waals surface area contributed by atoms with E-state index in [1.807, 2.05) is 12.1 Å². The van der Waals surface area contributed by atoms with Gasteiger partial charge in [0.25, 0.3) is 11.8 Å². The van der Waals surface area contributed by atoms with E-state index >= 15 is 0 Å². The Hall–Kier alpha value is -3.67. The van der Waals surface area contributed by atoms with E-state index < -0.39 is 11.8 Å². The van der Waals surface area contributed by atoms with Crippen LogP contribution in [-0.4, -0.2) is 18.9 Å². The third kappa shape index (κ3) is 5.88. The van der Waals surface area contributed by atoms with Crippen molar-refractivity contribution in [3.63, 3.8) is 0 Å². The number of amides is 2. The molecule has 0 radical (unpaired) electrons.